The molecule has 0 radical (unpaired) electrons. The maximum atomic E-state index is 13.1. The standard InChI is InChI=1S/C22H24FN3O4S2/c1-3-26-20-18(30-2)5-4-6-19(20)31-22(26)24-21(27)15-11-13-25(14-12-15)32(28,29)17-9-7-16(23)8-10-17/h4-10,15H,3,11-14H2,1-2H3. The summed E-state index contributed by atoms with van der Waals surface area (Å²) in [6, 6.07) is 10.5. The Balaban J connectivity index is 1.53. The van der Waals surface area contributed by atoms with Crippen LogP contribution in [0.4, 0.5) is 4.39 Å². The van der Waals surface area contributed by atoms with Gasteiger partial charge in [-0.2, -0.15) is 9.30 Å². The molecule has 1 aliphatic rings. The third kappa shape index (κ3) is 4.22. The second-order valence-corrected chi connectivity index (χ2v) is 10.5. The van der Waals surface area contributed by atoms with Gasteiger partial charge in [-0.1, -0.05) is 17.4 Å². The van der Waals surface area contributed by atoms with E-state index in [-0.39, 0.29) is 29.8 Å². The van der Waals surface area contributed by atoms with Crippen molar-refractivity contribution in [2.24, 2.45) is 10.9 Å². The van der Waals surface area contributed by atoms with Crippen LogP contribution in [0.1, 0.15) is 19.8 Å². The van der Waals surface area contributed by atoms with Crippen molar-refractivity contribution in [1.82, 2.24) is 8.87 Å². The van der Waals surface area contributed by atoms with Crippen molar-refractivity contribution in [1.29, 1.82) is 0 Å². The van der Waals surface area contributed by atoms with E-state index in [0.717, 1.165) is 28.1 Å². The molecule has 4 rings (SSSR count). The van der Waals surface area contributed by atoms with E-state index in [1.807, 2.05) is 29.7 Å². The number of amides is 1. The fourth-order valence-corrected chi connectivity index (χ4v) is 6.51. The molecule has 3 aromatic rings. The Kier molecular flexibility index (Phi) is 6.45. The highest BCUT2D eigenvalue weighted by molar-refractivity contribution is 7.89. The van der Waals surface area contributed by atoms with Gasteiger partial charge in [0, 0.05) is 25.6 Å². The van der Waals surface area contributed by atoms with Crippen LogP contribution in [0, 0.1) is 11.7 Å². The molecule has 0 N–H and O–H groups in total. The fraction of sp³-hybridized carbons (Fsp3) is 0.364. The molecule has 1 aliphatic heterocycles. The molecule has 2 heterocycles. The quantitative estimate of drug-likeness (QED) is 0.564. The number of methoxy groups -OCH3 is 1. The predicted molar refractivity (Wildman–Crippen MR) is 120 cm³/mol. The zero-order valence-electron chi connectivity index (χ0n) is 17.8. The van der Waals surface area contributed by atoms with Gasteiger partial charge in [-0.25, -0.2) is 12.8 Å². The monoisotopic (exact) mass is 477 g/mol. The number of nitrogens with zero attached hydrogens (tertiary/aromatic N) is 3. The summed E-state index contributed by atoms with van der Waals surface area (Å²) in [6.07, 6.45) is 0.784. The van der Waals surface area contributed by atoms with Gasteiger partial charge in [0.2, 0.25) is 10.0 Å². The van der Waals surface area contributed by atoms with Crippen molar-refractivity contribution in [3.05, 3.63) is 53.1 Å². The van der Waals surface area contributed by atoms with Crippen LogP contribution in [0.25, 0.3) is 10.2 Å². The number of carbonyl (C=O) groups is 1. The second kappa shape index (κ2) is 9.13. The third-order valence-electron chi connectivity index (χ3n) is 5.66. The Bertz CT molecular complexity index is 1310. The highest BCUT2D eigenvalue weighted by Crippen LogP contribution is 2.28. The third-order valence-corrected chi connectivity index (χ3v) is 8.62. The SMILES string of the molecule is CCn1c(=NC(=O)C2CCN(S(=O)(=O)c3ccc(F)cc3)CC2)sc2cccc(OC)c21. The van der Waals surface area contributed by atoms with E-state index in [1.54, 1.807) is 7.11 Å². The van der Waals surface area contributed by atoms with E-state index in [4.69, 9.17) is 4.74 Å². The summed E-state index contributed by atoms with van der Waals surface area (Å²) < 4.78 is 48.5. The maximum Gasteiger partial charge on any atom is 0.251 e. The summed E-state index contributed by atoms with van der Waals surface area (Å²) in [7, 11) is -2.10. The fourth-order valence-electron chi connectivity index (χ4n) is 3.93. The molecule has 0 bridgehead atoms. The highest BCUT2D eigenvalue weighted by Gasteiger charge is 2.32. The van der Waals surface area contributed by atoms with Crippen LogP contribution >= 0.6 is 11.3 Å². The summed E-state index contributed by atoms with van der Waals surface area (Å²) in [5.41, 5.74) is 0.911. The van der Waals surface area contributed by atoms with E-state index >= 15 is 0 Å². The average molecular weight is 478 g/mol. The number of aromatic nitrogens is 1. The molecular weight excluding hydrogens is 453 g/mol. The van der Waals surface area contributed by atoms with Gasteiger partial charge in [0.1, 0.15) is 17.1 Å². The summed E-state index contributed by atoms with van der Waals surface area (Å²) >= 11 is 1.43. The van der Waals surface area contributed by atoms with E-state index in [9.17, 15) is 17.6 Å². The highest BCUT2D eigenvalue weighted by atomic mass is 32.2. The van der Waals surface area contributed by atoms with Crippen LogP contribution in [-0.4, -0.2) is 43.4 Å². The number of para-hydroxylation sites is 1. The lowest BCUT2D eigenvalue weighted by molar-refractivity contribution is -0.122. The van der Waals surface area contributed by atoms with Gasteiger partial charge >= 0.3 is 0 Å². The topological polar surface area (TPSA) is 81.0 Å². The second-order valence-electron chi connectivity index (χ2n) is 7.52. The first-order valence-electron chi connectivity index (χ1n) is 10.4. The molecule has 1 amide bonds. The number of thiazole rings is 1. The summed E-state index contributed by atoms with van der Waals surface area (Å²) in [6.45, 7) is 3.07. The number of carbonyl (C=O) groups excluding carboxylic acids is 1. The first-order chi connectivity index (χ1) is 15.3. The number of ether oxygens (including phenoxy) is 1. The maximum absolute atomic E-state index is 13.1. The number of rotatable bonds is 5. The van der Waals surface area contributed by atoms with Crippen molar-refractivity contribution in [3.8, 4) is 5.75 Å². The van der Waals surface area contributed by atoms with Crippen LogP contribution in [0.15, 0.2) is 52.4 Å². The molecule has 32 heavy (non-hydrogen) atoms. The molecule has 0 spiro atoms. The van der Waals surface area contributed by atoms with Gasteiger partial charge in [0.15, 0.2) is 4.80 Å². The van der Waals surface area contributed by atoms with Crippen LogP contribution in [0.5, 0.6) is 5.75 Å². The molecule has 0 aliphatic carbocycles. The molecule has 170 valence electrons. The number of benzene rings is 2. The number of fused-ring (bicyclic) bond motifs is 1. The Morgan fingerprint density at radius 2 is 1.88 bits per heavy atom. The number of hydrogen-bond donors (Lipinski definition) is 0. The van der Waals surface area contributed by atoms with Gasteiger partial charge in [-0.05, 0) is 56.2 Å². The number of hydrogen-bond acceptors (Lipinski definition) is 5. The number of piperidine rings is 1. The lowest BCUT2D eigenvalue weighted by Crippen LogP contribution is -2.40. The number of sulfonamides is 1. The molecule has 7 nitrogen and oxygen atoms in total. The molecule has 10 heteroatoms. The normalized spacial score (nSPS) is 16.5. The Morgan fingerprint density at radius 3 is 2.50 bits per heavy atom. The molecule has 2 aromatic carbocycles. The molecular formula is C22H24FN3O4S2. The number of aryl methyl sites for hydroxylation is 1. The van der Waals surface area contributed by atoms with E-state index in [0.29, 0.717) is 24.2 Å². The van der Waals surface area contributed by atoms with Gasteiger partial charge < -0.3 is 9.30 Å². The zero-order valence-corrected chi connectivity index (χ0v) is 19.5. The summed E-state index contributed by atoms with van der Waals surface area (Å²) in [5.74, 6) is -0.338. The largest absolute Gasteiger partial charge is 0.495 e. The van der Waals surface area contributed by atoms with Crippen LogP contribution in [0.2, 0.25) is 0 Å². The van der Waals surface area contributed by atoms with Crippen molar-refractivity contribution in [3.63, 3.8) is 0 Å². The Morgan fingerprint density at radius 1 is 1.19 bits per heavy atom. The van der Waals surface area contributed by atoms with Crippen LogP contribution < -0.4 is 9.54 Å². The molecule has 0 unspecified atom stereocenters. The van der Waals surface area contributed by atoms with Crippen molar-refractivity contribution >= 4 is 37.5 Å². The first kappa shape index (κ1) is 22.6. The summed E-state index contributed by atoms with van der Waals surface area (Å²) in [5, 5.41) is 0. The molecule has 0 atom stereocenters. The molecule has 0 saturated carbocycles. The van der Waals surface area contributed by atoms with Crippen LogP contribution in [0.3, 0.4) is 0 Å². The first-order valence-corrected chi connectivity index (χ1v) is 12.6. The van der Waals surface area contributed by atoms with Gasteiger partial charge in [-0.3, -0.25) is 4.79 Å². The van der Waals surface area contributed by atoms with E-state index in [1.165, 1.54) is 27.8 Å². The minimum absolute atomic E-state index is 0.0524. The van der Waals surface area contributed by atoms with Crippen molar-refractivity contribution < 1.29 is 22.3 Å². The molecule has 1 saturated heterocycles. The van der Waals surface area contributed by atoms with Gasteiger partial charge in [0.05, 0.1) is 16.7 Å². The smallest absolute Gasteiger partial charge is 0.251 e. The van der Waals surface area contributed by atoms with Gasteiger partial charge in [-0.15, -0.1) is 0 Å². The van der Waals surface area contributed by atoms with Gasteiger partial charge in [0.25, 0.3) is 5.91 Å². The van der Waals surface area contributed by atoms with Crippen LogP contribution in [-0.2, 0) is 21.4 Å². The van der Waals surface area contributed by atoms with E-state index in [2.05, 4.69) is 4.99 Å². The minimum atomic E-state index is -3.71. The Hall–Kier alpha value is -2.56. The lowest BCUT2D eigenvalue weighted by atomic mass is 9.98. The lowest BCUT2D eigenvalue weighted by Gasteiger charge is -2.29. The van der Waals surface area contributed by atoms with Crippen molar-refractivity contribution in [2.45, 2.75) is 31.2 Å². The minimum Gasteiger partial charge on any atom is -0.495 e. The Labute approximate surface area is 189 Å². The average Bonchev–Trinajstić information content (AvgIpc) is 3.16. The zero-order chi connectivity index (χ0) is 22.9. The van der Waals surface area contributed by atoms with Crippen molar-refractivity contribution in [2.75, 3.05) is 20.2 Å². The molecule has 1 fully saturated rings. The predicted octanol–water partition coefficient (Wildman–Crippen LogP) is 3.40. The van der Waals surface area contributed by atoms with E-state index < -0.39 is 15.8 Å². The number of halogens is 1. The summed E-state index contributed by atoms with van der Waals surface area (Å²) in [4.78, 5) is 18.0. The molecule has 1 aromatic heterocycles.